The normalized spacial score (nSPS) is 34.5. The van der Waals surface area contributed by atoms with Crippen molar-refractivity contribution in [1.29, 1.82) is 0 Å². The largest absolute Gasteiger partial charge is 0.550 e. The number of nitrogens with zero attached hydrogens (tertiary/aromatic N) is 1. The first-order chi connectivity index (χ1) is 10.9. The van der Waals surface area contributed by atoms with E-state index in [9.17, 15) is 14.7 Å². The van der Waals surface area contributed by atoms with E-state index in [0.29, 0.717) is 12.5 Å². The lowest BCUT2D eigenvalue weighted by atomic mass is 9.77. The van der Waals surface area contributed by atoms with Crippen LogP contribution in [-0.4, -0.2) is 30.1 Å². The van der Waals surface area contributed by atoms with Gasteiger partial charge in [0.1, 0.15) is 5.60 Å². The third-order valence-corrected chi connectivity index (χ3v) is 5.24. The molecule has 1 aromatic rings. The minimum atomic E-state index is -1.21. The quantitative estimate of drug-likeness (QED) is 0.776. The van der Waals surface area contributed by atoms with Crippen LogP contribution in [0.15, 0.2) is 36.4 Å². The summed E-state index contributed by atoms with van der Waals surface area (Å²) in [6.45, 7) is 4.58. The van der Waals surface area contributed by atoms with Crippen molar-refractivity contribution in [3.8, 4) is 0 Å². The van der Waals surface area contributed by atoms with Crippen molar-refractivity contribution in [2.45, 2.75) is 31.5 Å². The molecular weight excluding hydrogens is 294 g/mol. The Hall–Kier alpha value is -2.14. The van der Waals surface area contributed by atoms with Gasteiger partial charge in [-0.3, -0.25) is 4.79 Å². The molecule has 0 N–H and O–H groups in total. The molecule has 1 spiro atoms. The number of carbonyl (C=O) groups excluding carboxylic acids is 2. The minimum absolute atomic E-state index is 0.191. The summed E-state index contributed by atoms with van der Waals surface area (Å²) in [5.41, 5.74) is 1.16. The average molecular weight is 312 g/mol. The Morgan fingerprint density at radius 3 is 2.65 bits per heavy atom. The summed E-state index contributed by atoms with van der Waals surface area (Å²) in [6, 6.07) is 7.83. The molecule has 2 fully saturated rings. The fourth-order valence-electron chi connectivity index (χ4n) is 4.03. The maximum Gasteiger partial charge on any atom is 0.234 e. The van der Waals surface area contributed by atoms with Gasteiger partial charge in [0.15, 0.2) is 0 Å². The highest BCUT2D eigenvalue weighted by molar-refractivity contribution is 6.02. The Balaban J connectivity index is 1.67. The number of fused-ring (bicyclic) bond motifs is 1. The molecule has 3 aliphatic heterocycles. The molecule has 2 bridgehead atoms. The van der Waals surface area contributed by atoms with E-state index < -0.39 is 29.5 Å². The Kier molecular flexibility index (Phi) is 2.94. The van der Waals surface area contributed by atoms with Gasteiger partial charge in [-0.1, -0.05) is 38.1 Å². The number of ether oxygens (including phenoxy) is 1. The molecule has 0 unspecified atom stereocenters. The standard InChI is InChI=1S/C18H19NO4/c1-10(2)11-3-5-12(6-4-11)19-9-18-8-7-13(23-18)14(17(21)22)15(18)16(19)20/h3-8,10,13-15H,9H2,1-2H3,(H,21,22)/p-1/t13-,14-,15+,18+/m0/s1. The number of rotatable bonds is 3. The highest BCUT2D eigenvalue weighted by atomic mass is 16.5. The van der Waals surface area contributed by atoms with Crippen molar-refractivity contribution in [2.24, 2.45) is 11.8 Å². The maximum absolute atomic E-state index is 12.8. The summed E-state index contributed by atoms with van der Waals surface area (Å²) in [5, 5.41) is 11.4. The lowest BCUT2D eigenvalue weighted by Gasteiger charge is -2.24. The number of aliphatic carboxylic acids is 1. The summed E-state index contributed by atoms with van der Waals surface area (Å²) in [5.74, 6) is -2.57. The first-order valence-electron chi connectivity index (χ1n) is 7.92. The monoisotopic (exact) mass is 312 g/mol. The number of anilines is 1. The van der Waals surface area contributed by atoms with Gasteiger partial charge in [0.2, 0.25) is 5.91 Å². The van der Waals surface area contributed by atoms with Crippen LogP contribution in [0.2, 0.25) is 0 Å². The average Bonchev–Trinajstić information content (AvgIpc) is 3.15. The topological polar surface area (TPSA) is 69.7 Å². The molecule has 4 atom stereocenters. The molecule has 3 heterocycles. The number of benzene rings is 1. The molecule has 120 valence electrons. The van der Waals surface area contributed by atoms with E-state index in [1.165, 1.54) is 5.56 Å². The molecule has 4 rings (SSSR count). The zero-order valence-electron chi connectivity index (χ0n) is 13.1. The lowest BCUT2D eigenvalue weighted by Crippen LogP contribution is -2.45. The van der Waals surface area contributed by atoms with Crippen LogP contribution < -0.4 is 10.0 Å². The number of carbonyl (C=O) groups is 2. The van der Waals surface area contributed by atoms with Gasteiger partial charge in [0.05, 0.1) is 18.6 Å². The molecular formula is C18H18NO4-. The van der Waals surface area contributed by atoms with Gasteiger partial charge in [-0.25, -0.2) is 0 Å². The summed E-state index contributed by atoms with van der Waals surface area (Å²) in [7, 11) is 0. The van der Waals surface area contributed by atoms with Crippen molar-refractivity contribution < 1.29 is 19.4 Å². The summed E-state index contributed by atoms with van der Waals surface area (Å²) in [4.78, 5) is 25.9. The Bertz CT molecular complexity index is 708. The van der Waals surface area contributed by atoms with E-state index in [2.05, 4.69) is 13.8 Å². The maximum atomic E-state index is 12.8. The third kappa shape index (κ3) is 1.89. The molecule has 5 heteroatoms. The van der Waals surface area contributed by atoms with E-state index >= 15 is 0 Å². The first kappa shape index (κ1) is 14.5. The molecule has 0 aliphatic carbocycles. The second-order valence-electron chi connectivity index (χ2n) is 6.89. The van der Waals surface area contributed by atoms with Gasteiger partial charge in [0, 0.05) is 17.6 Å². The predicted molar refractivity (Wildman–Crippen MR) is 81.6 cm³/mol. The van der Waals surface area contributed by atoms with Crippen molar-refractivity contribution in [1.82, 2.24) is 0 Å². The summed E-state index contributed by atoms with van der Waals surface area (Å²) in [6.07, 6.45) is 3.05. The van der Waals surface area contributed by atoms with E-state index in [-0.39, 0.29) is 5.91 Å². The molecule has 0 aromatic heterocycles. The Morgan fingerprint density at radius 2 is 2.04 bits per heavy atom. The Morgan fingerprint density at radius 1 is 1.35 bits per heavy atom. The van der Waals surface area contributed by atoms with Crippen molar-refractivity contribution >= 4 is 17.6 Å². The minimum Gasteiger partial charge on any atom is -0.550 e. The SMILES string of the molecule is CC(C)c1ccc(N2C[C@@]34C=C[C@H](O3)[C@H](C(=O)[O-])[C@@H]4C2=O)cc1. The van der Waals surface area contributed by atoms with Crippen LogP contribution in [0.5, 0.6) is 0 Å². The number of carboxylic acid groups (broad SMARTS) is 1. The van der Waals surface area contributed by atoms with Crippen LogP contribution in [0.3, 0.4) is 0 Å². The van der Waals surface area contributed by atoms with Crippen LogP contribution in [0.4, 0.5) is 5.69 Å². The van der Waals surface area contributed by atoms with Gasteiger partial charge >= 0.3 is 0 Å². The third-order valence-electron chi connectivity index (χ3n) is 5.24. The molecule has 23 heavy (non-hydrogen) atoms. The van der Waals surface area contributed by atoms with Crippen molar-refractivity contribution in [3.05, 3.63) is 42.0 Å². The zero-order chi connectivity index (χ0) is 16.4. The second kappa shape index (κ2) is 4.68. The van der Waals surface area contributed by atoms with Crippen LogP contribution >= 0.6 is 0 Å². The van der Waals surface area contributed by atoms with Crippen LogP contribution in [-0.2, 0) is 14.3 Å². The van der Waals surface area contributed by atoms with Gasteiger partial charge in [0.25, 0.3) is 0 Å². The van der Waals surface area contributed by atoms with E-state index in [1.54, 1.807) is 11.0 Å². The highest BCUT2D eigenvalue weighted by Crippen LogP contribution is 2.52. The van der Waals surface area contributed by atoms with E-state index in [4.69, 9.17) is 4.74 Å². The number of amides is 1. The molecule has 2 saturated heterocycles. The predicted octanol–water partition coefficient (Wildman–Crippen LogP) is 0.846. The second-order valence-corrected chi connectivity index (χ2v) is 6.89. The van der Waals surface area contributed by atoms with Crippen LogP contribution in [0, 0.1) is 11.8 Å². The Labute approximate surface area is 134 Å². The molecule has 5 nitrogen and oxygen atoms in total. The van der Waals surface area contributed by atoms with Crippen LogP contribution in [0.1, 0.15) is 25.3 Å². The first-order valence-corrected chi connectivity index (χ1v) is 7.92. The smallest absolute Gasteiger partial charge is 0.234 e. The van der Waals surface area contributed by atoms with Crippen LogP contribution in [0.25, 0.3) is 0 Å². The van der Waals surface area contributed by atoms with Gasteiger partial charge in [-0.05, 0) is 23.6 Å². The zero-order valence-corrected chi connectivity index (χ0v) is 13.1. The molecule has 3 aliphatic rings. The number of hydrogen-bond acceptors (Lipinski definition) is 4. The van der Waals surface area contributed by atoms with Gasteiger partial charge < -0.3 is 19.5 Å². The van der Waals surface area contributed by atoms with Crippen molar-refractivity contribution in [2.75, 3.05) is 11.4 Å². The van der Waals surface area contributed by atoms with Gasteiger partial charge in [-0.15, -0.1) is 0 Å². The van der Waals surface area contributed by atoms with Crippen molar-refractivity contribution in [3.63, 3.8) is 0 Å². The highest BCUT2D eigenvalue weighted by Gasteiger charge is 2.65. The lowest BCUT2D eigenvalue weighted by molar-refractivity contribution is -0.313. The van der Waals surface area contributed by atoms with E-state index in [0.717, 1.165) is 5.69 Å². The molecule has 1 aromatic carbocycles. The fraction of sp³-hybridized carbons (Fsp3) is 0.444. The fourth-order valence-corrected chi connectivity index (χ4v) is 4.03. The molecule has 0 radical (unpaired) electrons. The molecule has 0 saturated carbocycles. The number of hydrogen-bond donors (Lipinski definition) is 0. The summed E-state index contributed by atoms with van der Waals surface area (Å²) < 4.78 is 5.85. The molecule has 1 amide bonds. The van der Waals surface area contributed by atoms with E-state index in [1.807, 2.05) is 30.3 Å². The number of carboxylic acids is 1. The summed E-state index contributed by atoms with van der Waals surface area (Å²) >= 11 is 0. The van der Waals surface area contributed by atoms with Gasteiger partial charge in [-0.2, -0.15) is 0 Å².